The first-order chi connectivity index (χ1) is 12.9. The van der Waals surface area contributed by atoms with E-state index in [1.54, 1.807) is 6.20 Å². The number of para-hydroxylation sites is 1. The van der Waals surface area contributed by atoms with Gasteiger partial charge in [-0.05, 0) is 49.2 Å². The molecule has 0 aliphatic carbocycles. The minimum absolute atomic E-state index is 0.0391. The molecule has 2 aromatic carbocycles. The van der Waals surface area contributed by atoms with E-state index in [0.29, 0.717) is 17.9 Å². The fourth-order valence-corrected chi connectivity index (χ4v) is 4.02. The number of fused-ring (bicyclic) bond motifs is 1. The number of sulfonamides is 1. The van der Waals surface area contributed by atoms with Crippen molar-refractivity contribution in [3.63, 3.8) is 0 Å². The van der Waals surface area contributed by atoms with Crippen molar-refractivity contribution in [2.75, 3.05) is 6.61 Å². The molecule has 0 radical (unpaired) electrons. The highest BCUT2D eigenvalue weighted by molar-refractivity contribution is 7.89. The maximum atomic E-state index is 12.6. The minimum atomic E-state index is -4.03. The lowest BCUT2D eigenvalue weighted by molar-refractivity contribution is -0.307. The predicted molar refractivity (Wildman–Crippen MR) is 98.7 cm³/mol. The van der Waals surface area contributed by atoms with Gasteiger partial charge in [0.2, 0.25) is 10.0 Å². The van der Waals surface area contributed by atoms with Gasteiger partial charge in [0.15, 0.2) is 0 Å². The molecule has 0 bridgehead atoms. The molecule has 0 amide bonds. The number of carbonyl (C=O) groups excluding carboxylic acids is 1. The molecule has 0 unspecified atom stereocenters. The average Bonchev–Trinajstić information content (AvgIpc) is 3.05. The number of ether oxygens (including phenoxy) is 1. The largest absolute Gasteiger partial charge is 0.548 e. The third kappa shape index (κ3) is 4.29. The van der Waals surface area contributed by atoms with E-state index in [2.05, 4.69) is 9.71 Å². The second-order valence-corrected chi connectivity index (χ2v) is 7.67. The number of aromatic nitrogens is 1. The smallest absolute Gasteiger partial charge is 0.241 e. The van der Waals surface area contributed by atoms with Crippen LogP contribution in [0.2, 0.25) is 0 Å². The summed E-state index contributed by atoms with van der Waals surface area (Å²) >= 11 is 0. The van der Waals surface area contributed by atoms with Crippen molar-refractivity contribution in [1.29, 1.82) is 0 Å². The molecule has 3 rings (SSSR count). The van der Waals surface area contributed by atoms with Crippen molar-refractivity contribution in [2.45, 2.75) is 24.3 Å². The predicted octanol–water partition coefficient (Wildman–Crippen LogP) is 1.21. The number of carboxylic acids is 1. The van der Waals surface area contributed by atoms with Gasteiger partial charge in [0.1, 0.15) is 5.75 Å². The van der Waals surface area contributed by atoms with Gasteiger partial charge in [0.05, 0.1) is 23.5 Å². The highest BCUT2D eigenvalue weighted by atomic mass is 32.2. The molecule has 0 saturated heterocycles. The topological polar surface area (TPSA) is 111 Å². The molecule has 0 fully saturated rings. The molecule has 7 nitrogen and oxygen atoms in total. The highest BCUT2D eigenvalue weighted by Crippen LogP contribution is 2.20. The molecule has 0 saturated carbocycles. The van der Waals surface area contributed by atoms with Crippen molar-refractivity contribution in [3.05, 3.63) is 60.3 Å². The first-order valence-electron chi connectivity index (χ1n) is 8.41. The van der Waals surface area contributed by atoms with E-state index in [1.165, 1.54) is 24.3 Å². The van der Waals surface area contributed by atoms with Crippen LogP contribution in [0, 0.1) is 0 Å². The van der Waals surface area contributed by atoms with Crippen LogP contribution in [-0.2, 0) is 21.2 Å². The lowest BCUT2D eigenvalue weighted by atomic mass is 10.1. The standard InChI is InChI=1S/C19H20N2O5S/c1-2-26-14-7-9-15(10-8-14)27(24,25)21-18(19(22)23)11-13-12-20-17-6-4-3-5-16(13)17/h3-10,12,18,20-21H,2,11H2,1H3,(H,22,23)/p-1/t18-/m1/s1. The van der Waals surface area contributed by atoms with Crippen LogP contribution >= 0.6 is 0 Å². The summed E-state index contributed by atoms with van der Waals surface area (Å²) in [6.45, 7) is 2.28. The number of carbonyl (C=O) groups is 1. The van der Waals surface area contributed by atoms with Crippen molar-refractivity contribution >= 4 is 26.9 Å². The maximum Gasteiger partial charge on any atom is 0.241 e. The molecule has 8 heteroatoms. The van der Waals surface area contributed by atoms with Crippen molar-refractivity contribution in [1.82, 2.24) is 9.71 Å². The Balaban J connectivity index is 1.82. The number of hydrogen-bond acceptors (Lipinski definition) is 5. The van der Waals surface area contributed by atoms with Crippen LogP contribution in [-0.4, -0.2) is 32.0 Å². The van der Waals surface area contributed by atoms with Gasteiger partial charge in [-0.2, -0.15) is 0 Å². The molecule has 0 aliphatic heterocycles. The zero-order valence-corrected chi connectivity index (χ0v) is 15.5. The Bertz CT molecular complexity index is 1040. The van der Waals surface area contributed by atoms with Crippen LogP contribution in [0.25, 0.3) is 10.9 Å². The summed E-state index contributed by atoms with van der Waals surface area (Å²) < 4.78 is 32.6. The summed E-state index contributed by atoms with van der Waals surface area (Å²) in [5.74, 6) is -0.957. The molecule has 1 atom stereocenters. The van der Waals surface area contributed by atoms with Crippen LogP contribution in [0.3, 0.4) is 0 Å². The van der Waals surface area contributed by atoms with Gasteiger partial charge in [0, 0.05) is 17.1 Å². The van der Waals surface area contributed by atoms with Crippen molar-refractivity contribution in [2.24, 2.45) is 0 Å². The quantitative estimate of drug-likeness (QED) is 0.603. The average molecular weight is 387 g/mol. The number of aromatic amines is 1. The fourth-order valence-electron chi connectivity index (χ4n) is 2.83. The Morgan fingerprint density at radius 1 is 1.19 bits per heavy atom. The summed E-state index contributed by atoms with van der Waals surface area (Å²) in [5.41, 5.74) is 1.54. The van der Waals surface area contributed by atoms with E-state index in [-0.39, 0.29) is 11.3 Å². The first-order valence-corrected chi connectivity index (χ1v) is 9.90. The van der Waals surface area contributed by atoms with Gasteiger partial charge in [-0.25, -0.2) is 13.1 Å². The third-order valence-electron chi connectivity index (χ3n) is 4.13. The van der Waals surface area contributed by atoms with Gasteiger partial charge in [0.25, 0.3) is 0 Å². The second kappa shape index (κ2) is 7.81. The molecule has 27 heavy (non-hydrogen) atoms. The Kier molecular flexibility index (Phi) is 5.48. The summed E-state index contributed by atoms with van der Waals surface area (Å²) in [5, 5.41) is 12.4. The number of hydrogen-bond donors (Lipinski definition) is 2. The summed E-state index contributed by atoms with van der Waals surface area (Å²) in [6, 6.07) is 11.8. The van der Waals surface area contributed by atoms with E-state index in [4.69, 9.17) is 4.74 Å². The van der Waals surface area contributed by atoms with Gasteiger partial charge >= 0.3 is 0 Å². The molecule has 3 aromatic rings. The van der Waals surface area contributed by atoms with E-state index in [9.17, 15) is 18.3 Å². The van der Waals surface area contributed by atoms with Crippen LogP contribution in [0.4, 0.5) is 0 Å². The number of carboxylic acid groups (broad SMARTS) is 1. The van der Waals surface area contributed by atoms with Crippen molar-refractivity contribution < 1.29 is 23.1 Å². The highest BCUT2D eigenvalue weighted by Gasteiger charge is 2.22. The van der Waals surface area contributed by atoms with E-state index >= 15 is 0 Å². The lowest BCUT2D eigenvalue weighted by Gasteiger charge is -2.19. The number of benzene rings is 2. The molecule has 1 aromatic heterocycles. The number of H-pyrrole nitrogens is 1. The van der Waals surface area contributed by atoms with Crippen LogP contribution in [0.15, 0.2) is 59.6 Å². The Hall–Kier alpha value is -2.84. The first kappa shape index (κ1) is 18.9. The van der Waals surface area contributed by atoms with Crippen LogP contribution in [0.5, 0.6) is 5.75 Å². The summed E-state index contributed by atoms with van der Waals surface area (Å²) in [7, 11) is -4.03. The normalized spacial score (nSPS) is 12.8. The van der Waals surface area contributed by atoms with Gasteiger partial charge in [-0.3, -0.25) is 0 Å². The summed E-state index contributed by atoms with van der Waals surface area (Å²) in [6.07, 6.45) is 1.63. The van der Waals surface area contributed by atoms with E-state index in [1.807, 2.05) is 31.2 Å². The second-order valence-electron chi connectivity index (χ2n) is 5.96. The van der Waals surface area contributed by atoms with Crippen molar-refractivity contribution in [3.8, 4) is 5.75 Å². The maximum absolute atomic E-state index is 12.6. The van der Waals surface area contributed by atoms with Crippen LogP contribution in [0.1, 0.15) is 12.5 Å². The van der Waals surface area contributed by atoms with E-state index in [0.717, 1.165) is 10.9 Å². The minimum Gasteiger partial charge on any atom is -0.548 e. The number of nitrogens with one attached hydrogen (secondary N) is 2. The molecule has 142 valence electrons. The van der Waals surface area contributed by atoms with Gasteiger partial charge in [-0.1, -0.05) is 18.2 Å². The Morgan fingerprint density at radius 3 is 2.56 bits per heavy atom. The van der Waals surface area contributed by atoms with Crippen LogP contribution < -0.4 is 14.6 Å². The fraction of sp³-hybridized carbons (Fsp3) is 0.211. The summed E-state index contributed by atoms with van der Waals surface area (Å²) in [4.78, 5) is 14.5. The zero-order chi connectivity index (χ0) is 19.4. The number of rotatable bonds is 8. The van der Waals surface area contributed by atoms with E-state index < -0.39 is 22.0 Å². The lowest BCUT2D eigenvalue weighted by Crippen LogP contribution is -2.49. The Morgan fingerprint density at radius 2 is 1.89 bits per heavy atom. The molecule has 1 heterocycles. The molecular formula is C19H19N2O5S-. The molecule has 0 spiro atoms. The molecule has 0 aliphatic rings. The zero-order valence-electron chi connectivity index (χ0n) is 14.6. The monoisotopic (exact) mass is 387 g/mol. The molecule has 2 N–H and O–H groups in total. The number of aliphatic carboxylic acids is 1. The molecular weight excluding hydrogens is 368 g/mol. The van der Waals surface area contributed by atoms with Gasteiger partial charge < -0.3 is 19.6 Å². The Labute approximate surface area is 157 Å². The third-order valence-corrected chi connectivity index (χ3v) is 5.61. The van der Waals surface area contributed by atoms with Gasteiger partial charge in [-0.15, -0.1) is 0 Å². The SMILES string of the molecule is CCOc1ccc(S(=O)(=O)N[C@H](Cc2c[nH]c3ccccc23)C(=O)[O-])cc1.